The molecule has 2 aromatic rings. The summed E-state index contributed by atoms with van der Waals surface area (Å²) in [4.78, 5) is 25.9. The molecule has 0 unspecified atom stereocenters. The molecule has 3 rings (SSSR count). The minimum absolute atomic E-state index is 0.0948. The van der Waals surface area contributed by atoms with Gasteiger partial charge < -0.3 is 10.2 Å². The number of hydrogen-bond donors (Lipinski definition) is 2. The zero-order chi connectivity index (χ0) is 18.7. The van der Waals surface area contributed by atoms with Crippen molar-refractivity contribution in [1.29, 1.82) is 0 Å². The fraction of sp³-hybridized carbons (Fsp3) is 0.222. The molecular weight excluding hydrogens is 354 g/mol. The number of benzene rings is 2. The lowest BCUT2D eigenvalue weighted by atomic mass is 10.1. The van der Waals surface area contributed by atoms with Gasteiger partial charge in [-0.2, -0.15) is 0 Å². The van der Waals surface area contributed by atoms with Crippen LogP contribution in [0.2, 0.25) is 0 Å². The van der Waals surface area contributed by atoms with E-state index in [-0.39, 0.29) is 11.8 Å². The average molecular weight is 373 g/mol. The van der Waals surface area contributed by atoms with E-state index in [9.17, 15) is 18.0 Å². The second-order valence-electron chi connectivity index (χ2n) is 6.10. The van der Waals surface area contributed by atoms with Crippen molar-refractivity contribution in [2.24, 2.45) is 0 Å². The van der Waals surface area contributed by atoms with Gasteiger partial charge in [0, 0.05) is 29.9 Å². The van der Waals surface area contributed by atoms with Gasteiger partial charge in [0.2, 0.25) is 15.9 Å². The summed E-state index contributed by atoms with van der Waals surface area (Å²) in [5, 5.41) is 2.73. The number of nitrogens with one attached hydrogen (secondary N) is 2. The van der Waals surface area contributed by atoms with Crippen LogP contribution in [0.1, 0.15) is 23.2 Å². The van der Waals surface area contributed by atoms with Crippen molar-refractivity contribution in [3.05, 3.63) is 54.1 Å². The molecular formula is C18H19N3O4S. The van der Waals surface area contributed by atoms with E-state index in [0.29, 0.717) is 29.9 Å². The van der Waals surface area contributed by atoms with E-state index in [0.717, 1.165) is 18.4 Å². The molecule has 2 amide bonds. The summed E-state index contributed by atoms with van der Waals surface area (Å²) in [6, 6.07) is 13.3. The number of hydrogen-bond acceptors (Lipinski definition) is 4. The third kappa shape index (κ3) is 4.40. The summed E-state index contributed by atoms with van der Waals surface area (Å²) in [6.07, 6.45) is 2.46. The van der Waals surface area contributed by atoms with Crippen molar-refractivity contribution < 1.29 is 18.0 Å². The van der Waals surface area contributed by atoms with E-state index in [4.69, 9.17) is 0 Å². The van der Waals surface area contributed by atoms with Crippen LogP contribution in [-0.2, 0) is 14.8 Å². The molecule has 1 aliphatic rings. The summed E-state index contributed by atoms with van der Waals surface area (Å²) in [5.74, 6) is -0.224. The van der Waals surface area contributed by atoms with Crippen LogP contribution in [0.3, 0.4) is 0 Å². The quantitative estimate of drug-likeness (QED) is 0.841. The molecule has 2 aromatic carbocycles. The topological polar surface area (TPSA) is 95.6 Å². The lowest BCUT2D eigenvalue weighted by molar-refractivity contribution is -0.117. The second-order valence-corrected chi connectivity index (χ2v) is 7.85. The maximum atomic E-state index is 12.4. The Morgan fingerprint density at radius 1 is 1.08 bits per heavy atom. The fourth-order valence-corrected chi connectivity index (χ4v) is 3.35. The van der Waals surface area contributed by atoms with Gasteiger partial charge >= 0.3 is 0 Å². The summed E-state index contributed by atoms with van der Waals surface area (Å²) in [5.41, 5.74) is 2.07. The minimum Gasteiger partial charge on any atom is -0.322 e. The minimum atomic E-state index is -3.39. The Morgan fingerprint density at radius 3 is 2.38 bits per heavy atom. The van der Waals surface area contributed by atoms with Gasteiger partial charge in [0.25, 0.3) is 5.91 Å². The predicted molar refractivity (Wildman–Crippen MR) is 101 cm³/mol. The Hall–Kier alpha value is -2.87. The number of nitrogens with zero attached hydrogens (tertiary/aromatic N) is 1. The maximum Gasteiger partial charge on any atom is 0.255 e. The third-order valence-electron chi connectivity index (χ3n) is 3.94. The lowest BCUT2D eigenvalue weighted by Crippen LogP contribution is -2.23. The molecule has 26 heavy (non-hydrogen) atoms. The van der Waals surface area contributed by atoms with E-state index in [1.54, 1.807) is 47.4 Å². The van der Waals surface area contributed by atoms with Gasteiger partial charge in [-0.25, -0.2) is 8.42 Å². The maximum absolute atomic E-state index is 12.4. The first kappa shape index (κ1) is 17.9. The molecule has 1 fully saturated rings. The summed E-state index contributed by atoms with van der Waals surface area (Å²) < 4.78 is 24.9. The average Bonchev–Trinajstić information content (AvgIpc) is 3.00. The zero-order valence-corrected chi connectivity index (χ0v) is 15.0. The van der Waals surface area contributed by atoms with Crippen LogP contribution in [-0.4, -0.2) is 33.0 Å². The normalized spacial score (nSPS) is 14.3. The molecule has 0 aliphatic carbocycles. The number of anilines is 3. The van der Waals surface area contributed by atoms with Crippen molar-refractivity contribution in [2.45, 2.75) is 12.8 Å². The molecule has 0 bridgehead atoms. The van der Waals surface area contributed by atoms with Crippen LogP contribution in [0.5, 0.6) is 0 Å². The lowest BCUT2D eigenvalue weighted by Gasteiger charge is -2.16. The Labute approximate surface area is 152 Å². The van der Waals surface area contributed by atoms with Crippen LogP contribution in [0.25, 0.3) is 0 Å². The highest BCUT2D eigenvalue weighted by Crippen LogP contribution is 2.22. The van der Waals surface area contributed by atoms with Gasteiger partial charge in [0.05, 0.1) is 11.9 Å². The third-order valence-corrected chi connectivity index (χ3v) is 4.54. The highest BCUT2D eigenvalue weighted by atomic mass is 32.2. The van der Waals surface area contributed by atoms with Gasteiger partial charge in [-0.05, 0) is 48.9 Å². The molecule has 8 heteroatoms. The summed E-state index contributed by atoms with van der Waals surface area (Å²) in [7, 11) is -3.39. The molecule has 0 radical (unpaired) electrons. The predicted octanol–water partition coefficient (Wildman–Crippen LogP) is 2.44. The van der Waals surface area contributed by atoms with Gasteiger partial charge in [0.1, 0.15) is 0 Å². The van der Waals surface area contributed by atoms with Crippen molar-refractivity contribution >= 4 is 38.9 Å². The van der Waals surface area contributed by atoms with Gasteiger partial charge in [-0.15, -0.1) is 0 Å². The molecule has 1 heterocycles. The number of sulfonamides is 1. The van der Waals surface area contributed by atoms with Gasteiger partial charge in [-0.1, -0.05) is 6.07 Å². The molecule has 2 N–H and O–H groups in total. The standard InChI is InChI=1S/C18H19N3O4S/c1-26(24,25)20-15-5-2-4-14(12-15)19-18(23)13-7-9-16(10-8-13)21-11-3-6-17(21)22/h2,4-5,7-10,12,20H,3,6,11H2,1H3,(H,19,23). The second kappa shape index (κ2) is 7.17. The number of carbonyl (C=O) groups is 2. The Balaban J connectivity index is 1.70. The Kier molecular flexibility index (Phi) is 4.94. The molecule has 0 saturated carbocycles. The first-order chi connectivity index (χ1) is 12.3. The monoisotopic (exact) mass is 373 g/mol. The summed E-state index contributed by atoms with van der Waals surface area (Å²) in [6.45, 7) is 0.699. The molecule has 7 nitrogen and oxygen atoms in total. The van der Waals surface area contributed by atoms with E-state index in [1.165, 1.54) is 6.07 Å². The van der Waals surface area contributed by atoms with Crippen LogP contribution >= 0.6 is 0 Å². The molecule has 136 valence electrons. The van der Waals surface area contributed by atoms with Crippen molar-refractivity contribution in [1.82, 2.24) is 0 Å². The van der Waals surface area contributed by atoms with Crippen molar-refractivity contribution in [3.8, 4) is 0 Å². The first-order valence-corrected chi connectivity index (χ1v) is 10.0. The zero-order valence-electron chi connectivity index (χ0n) is 14.2. The van der Waals surface area contributed by atoms with Crippen molar-refractivity contribution in [3.63, 3.8) is 0 Å². The molecule has 1 saturated heterocycles. The molecule has 1 aliphatic heterocycles. The molecule has 0 atom stereocenters. The van der Waals surface area contributed by atoms with E-state index >= 15 is 0 Å². The fourth-order valence-electron chi connectivity index (χ4n) is 2.79. The smallest absolute Gasteiger partial charge is 0.255 e. The highest BCUT2D eigenvalue weighted by molar-refractivity contribution is 7.92. The van der Waals surface area contributed by atoms with E-state index < -0.39 is 10.0 Å². The van der Waals surface area contributed by atoms with E-state index in [2.05, 4.69) is 10.0 Å². The summed E-state index contributed by atoms with van der Waals surface area (Å²) >= 11 is 0. The van der Waals surface area contributed by atoms with Crippen LogP contribution in [0.4, 0.5) is 17.1 Å². The van der Waals surface area contributed by atoms with Gasteiger partial charge in [-0.3, -0.25) is 14.3 Å². The number of carbonyl (C=O) groups excluding carboxylic acids is 2. The van der Waals surface area contributed by atoms with Crippen LogP contribution in [0.15, 0.2) is 48.5 Å². The van der Waals surface area contributed by atoms with E-state index in [1.807, 2.05) is 0 Å². The SMILES string of the molecule is CS(=O)(=O)Nc1cccc(NC(=O)c2ccc(N3CCCC3=O)cc2)c1. The largest absolute Gasteiger partial charge is 0.322 e. The Morgan fingerprint density at radius 2 is 1.77 bits per heavy atom. The number of amides is 2. The number of rotatable bonds is 5. The van der Waals surface area contributed by atoms with Crippen LogP contribution < -0.4 is 14.9 Å². The Bertz CT molecular complexity index is 939. The first-order valence-electron chi connectivity index (χ1n) is 8.11. The van der Waals surface area contributed by atoms with Crippen LogP contribution in [0, 0.1) is 0 Å². The highest BCUT2D eigenvalue weighted by Gasteiger charge is 2.21. The molecule has 0 aromatic heterocycles. The van der Waals surface area contributed by atoms with Gasteiger partial charge in [0.15, 0.2) is 0 Å². The molecule has 0 spiro atoms. The van der Waals surface area contributed by atoms with Crippen molar-refractivity contribution in [2.75, 3.05) is 27.7 Å².